The number of hydrogen-bond acceptors (Lipinski definition) is 4. The van der Waals surface area contributed by atoms with Crippen LogP contribution < -0.4 is 10.2 Å². The van der Waals surface area contributed by atoms with Gasteiger partial charge in [-0.1, -0.05) is 18.2 Å². The molecule has 0 radical (unpaired) electrons. The Balaban J connectivity index is 1.54. The van der Waals surface area contributed by atoms with Crippen LogP contribution in [-0.2, 0) is 17.6 Å². The Morgan fingerprint density at radius 2 is 1.88 bits per heavy atom. The number of nitrogens with one attached hydrogen (secondary N) is 1. The molecule has 6 nitrogen and oxygen atoms in total. The van der Waals surface area contributed by atoms with Gasteiger partial charge in [-0.25, -0.2) is 9.69 Å². The van der Waals surface area contributed by atoms with Gasteiger partial charge in [0.1, 0.15) is 16.8 Å². The zero-order valence-electron chi connectivity index (χ0n) is 17.9. The van der Waals surface area contributed by atoms with Gasteiger partial charge < -0.3 is 9.88 Å². The van der Waals surface area contributed by atoms with Gasteiger partial charge in [-0.05, 0) is 74.9 Å². The maximum atomic E-state index is 13.0. The molecule has 3 amide bonds. The summed E-state index contributed by atoms with van der Waals surface area (Å²) in [4.78, 5) is 27.9. The molecule has 1 N–H and O–H groups in total. The predicted molar refractivity (Wildman–Crippen MR) is 125 cm³/mol. The van der Waals surface area contributed by atoms with E-state index < -0.39 is 6.03 Å². The molecule has 160 valence electrons. The fourth-order valence-electron chi connectivity index (χ4n) is 4.57. The zero-order chi connectivity index (χ0) is 22.4. The Morgan fingerprint density at radius 3 is 2.62 bits per heavy atom. The van der Waals surface area contributed by atoms with Crippen molar-refractivity contribution in [3.8, 4) is 11.1 Å². The smallest absolute Gasteiger partial charge is 0.308 e. The molecule has 32 heavy (non-hydrogen) atoms. The zero-order valence-corrected chi connectivity index (χ0v) is 18.8. The molecule has 1 saturated heterocycles. The first-order chi connectivity index (χ1) is 15.5. The molecule has 0 saturated carbocycles. The fourth-order valence-corrected chi connectivity index (χ4v) is 6.02. The van der Waals surface area contributed by atoms with Gasteiger partial charge in [0.05, 0.1) is 11.3 Å². The number of para-hydroxylation sites is 1. The quantitative estimate of drug-likeness (QED) is 0.458. The molecule has 0 atom stereocenters. The molecule has 0 unspecified atom stereocenters. The predicted octanol–water partition coefficient (Wildman–Crippen LogP) is 5.00. The number of anilines is 1. The van der Waals surface area contributed by atoms with Gasteiger partial charge in [0.25, 0.3) is 5.91 Å². The first-order valence-electron chi connectivity index (χ1n) is 10.7. The number of nitrogens with zero attached hydrogens (tertiary/aromatic N) is 3. The molecule has 5 rings (SSSR count). The van der Waals surface area contributed by atoms with Crippen molar-refractivity contribution >= 4 is 35.0 Å². The Labute approximate surface area is 190 Å². The van der Waals surface area contributed by atoms with Crippen molar-refractivity contribution < 1.29 is 9.59 Å². The van der Waals surface area contributed by atoms with Crippen LogP contribution in [0.1, 0.15) is 45.8 Å². The first kappa shape index (κ1) is 20.3. The number of amides is 3. The minimum atomic E-state index is -0.459. The number of urea groups is 1. The maximum Gasteiger partial charge on any atom is 0.333 e. The van der Waals surface area contributed by atoms with Gasteiger partial charge >= 0.3 is 6.03 Å². The number of nitriles is 1. The number of hydrogen-bond donors (Lipinski definition) is 1. The van der Waals surface area contributed by atoms with E-state index in [1.54, 1.807) is 41.7 Å². The molecule has 3 heterocycles. The van der Waals surface area contributed by atoms with Crippen molar-refractivity contribution in [2.45, 2.75) is 39.5 Å². The number of fused-ring (bicyclic) bond motifs is 1. The van der Waals surface area contributed by atoms with E-state index >= 15 is 0 Å². The Hall–Kier alpha value is -3.63. The molecule has 1 fully saturated rings. The van der Waals surface area contributed by atoms with E-state index in [1.165, 1.54) is 16.9 Å². The Kier molecular flexibility index (Phi) is 4.95. The Morgan fingerprint density at radius 1 is 1.12 bits per heavy atom. The van der Waals surface area contributed by atoms with Gasteiger partial charge in [0.15, 0.2) is 0 Å². The molecule has 0 bridgehead atoms. The molecule has 1 aromatic carbocycles. The molecule has 1 aliphatic carbocycles. The normalized spacial score (nSPS) is 16.9. The summed E-state index contributed by atoms with van der Waals surface area (Å²) in [6, 6.07) is 12.8. The highest BCUT2D eigenvalue weighted by Gasteiger charge is 2.35. The van der Waals surface area contributed by atoms with E-state index in [1.807, 2.05) is 26.0 Å². The topological polar surface area (TPSA) is 78.1 Å². The highest BCUT2D eigenvalue weighted by Crippen LogP contribution is 2.38. The van der Waals surface area contributed by atoms with Crippen LogP contribution in [0.25, 0.3) is 11.1 Å². The van der Waals surface area contributed by atoms with Crippen LogP contribution in [0.3, 0.4) is 0 Å². The maximum absolute atomic E-state index is 13.0. The van der Waals surface area contributed by atoms with Crippen molar-refractivity contribution in [3.63, 3.8) is 0 Å². The van der Waals surface area contributed by atoms with Crippen LogP contribution in [0.15, 0.2) is 42.1 Å². The number of imide groups is 1. The fraction of sp³-hybridized carbons (Fsp3) is 0.240. The van der Waals surface area contributed by atoms with Crippen LogP contribution in [0, 0.1) is 25.2 Å². The van der Waals surface area contributed by atoms with Gasteiger partial charge in [-0.3, -0.25) is 4.79 Å². The highest BCUT2D eigenvalue weighted by molar-refractivity contribution is 7.15. The van der Waals surface area contributed by atoms with Gasteiger partial charge in [0, 0.05) is 16.3 Å². The summed E-state index contributed by atoms with van der Waals surface area (Å²) in [6.45, 7) is 3.98. The summed E-state index contributed by atoms with van der Waals surface area (Å²) in [5.41, 5.74) is 5.51. The average Bonchev–Trinajstić information content (AvgIpc) is 3.39. The SMILES string of the molecule is Cc1cc(/C=C2/NC(=O)N(c3ccccc3)C2=O)c(C)n1-c1sc2c(c1C#N)CCCC2. The van der Waals surface area contributed by atoms with Gasteiger partial charge in [0.2, 0.25) is 0 Å². The van der Waals surface area contributed by atoms with Crippen molar-refractivity contribution in [2.75, 3.05) is 4.90 Å². The number of rotatable bonds is 3. The third-order valence-corrected chi connectivity index (χ3v) is 7.41. The highest BCUT2D eigenvalue weighted by atomic mass is 32.1. The van der Waals surface area contributed by atoms with E-state index in [2.05, 4.69) is 16.0 Å². The molecule has 0 spiro atoms. The van der Waals surface area contributed by atoms with Crippen LogP contribution in [-0.4, -0.2) is 16.5 Å². The van der Waals surface area contributed by atoms with Crippen LogP contribution in [0.2, 0.25) is 0 Å². The number of carbonyl (C=O) groups excluding carboxylic acids is 2. The monoisotopic (exact) mass is 442 g/mol. The minimum Gasteiger partial charge on any atom is -0.308 e. The molecule has 3 aromatic rings. The summed E-state index contributed by atoms with van der Waals surface area (Å²) < 4.78 is 2.10. The van der Waals surface area contributed by atoms with Crippen molar-refractivity contribution in [2.24, 2.45) is 0 Å². The minimum absolute atomic E-state index is 0.241. The van der Waals surface area contributed by atoms with Crippen molar-refractivity contribution in [1.82, 2.24) is 9.88 Å². The van der Waals surface area contributed by atoms with Gasteiger partial charge in [-0.2, -0.15) is 5.26 Å². The summed E-state index contributed by atoms with van der Waals surface area (Å²) in [6.07, 6.45) is 6.00. The average molecular weight is 443 g/mol. The summed E-state index contributed by atoms with van der Waals surface area (Å²) in [5, 5.41) is 13.5. The molecular formula is C25H22N4O2S. The van der Waals surface area contributed by atoms with Crippen molar-refractivity contribution in [1.29, 1.82) is 5.26 Å². The third kappa shape index (κ3) is 3.15. The van der Waals surface area contributed by atoms with Crippen LogP contribution >= 0.6 is 11.3 Å². The number of aryl methyl sites for hydroxylation is 2. The van der Waals surface area contributed by atoms with Crippen LogP contribution in [0.4, 0.5) is 10.5 Å². The standard InChI is InChI=1S/C25H22N4O2S/c1-15-12-17(13-21-23(30)29(25(31)27-21)18-8-4-3-5-9-18)16(2)28(15)24-20(14-26)19-10-6-7-11-22(19)32-24/h3-5,8-9,12-13H,6-7,10-11H2,1-2H3,(H,27,31)/b21-13+. The van der Waals surface area contributed by atoms with E-state index in [-0.39, 0.29) is 11.6 Å². The lowest BCUT2D eigenvalue weighted by atomic mass is 9.96. The number of carbonyl (C=O) groups is 2. The lowest BCUT2D eigenvalue weighted by Gasteiger charge is -2.10. The van der Waals surface area contributed by atoms with E-state index in [9.17, 15) is 14.9 Å². The van der Waals surface area contributed by atoms with Gasteiger partial charge in [-0.15, -0.1) is 11.3 Å². The van der Waals surface area contributed by atoms with E-state index in [0.29, 0.717) is 5.69 Å². The second-order valence-electron chi connectivity index (χ2n) is 8.13. The van der Waals surface area contributed by atoms with Crippen molar-refractivity contribution in [3.05, 3.63) is 75.1 Å². The lowest BCUT2D eigenvalue weighted by Crippen LogP contribution is -2.30. The second kappa shape index (κ2) is 7.81. The Bertz CT molecular complexity index is 1320. The summed E-state index contributed by atoms with van der Waals surface area (Å²) >= 11 is 1.70. The molecule has 2 aliphatic rings. The van der Waals surface area contributed by atoms with E-state index in [4.69, 9.17) is 0 Å². The second-order valence-corrected chi connectivity index (χ2v) is 9.21. The molecule has 1 aliphatic heterocycles. The largest absolute Gasteiger partial charge is 0.333 e. The summed E-state index contributed by atoms with van der Waals surface area (Å²) in [7, 11) is 0. The molecule has 2 aromatic heterocycles. The number of benzene rings is 1. The summed E-state index contributed by atoms with van der Waals surface area (Å²) in [5.74, 6) is -0.379. The number of aromatic nitrogens is 1. The molecule has 7 heteroatoms. The number of thiophene rings is 1. The molecular weight excluding hydrogens is 420 g/mol. The lowest BCUT2D eigenvalue weighted by molar-refractivity contribution is -0.113. The van der Waals surface area contributed by atoms with Crippen LogP contribution in [0.5, 0.6) is 0 Å². The third-order valence-electron chi connectivity index (χ3n) is 6.13. The first-order valence-corrected chi connectivity index (χ1v) is 11.5. The van der Waals surface area contributed by atoms with E-state index in [0.717, 1.165) is 51.7 Å².